The van der Waals surface area contributed by atoms with Gasteiger partial charge in [0.15, 0.2) is 0 Å². The van der Waals surface area contributed by atoms with Crippen molar-refractivity contribution in [2.45, 2.75) is 0 Å². The predicted octanol–water partition coefficient (Wildman–Crippen LogP) is 2.87. The summed E-state index contributed by atoms with van der Waals surface area (Å²) in [7, 11) is 1.65. The van der Waals surface area contributed by atoms with Gasteiger partial charge in [-0.2, -0.15) is 0 Å². The van der Waals surface area contributed by atoms with Crippen molar-refractivity contribution in [1.29, 1.82) is 0 Å². The van der Waals surface area contributed by atoms with Crippen molar-refractivity contribution in [3.05, 3.63) is 87.6 Å². The largest absolute Gasteiger partial charge is 0.497 e. The molecule has 3 heteroatoms. The number of aliphatic hydroxyl groups excluding tert-OH is 1. The second-order valence-corrected chi connectivity index (χ2v) is 3.71. The van der Waals surface area contributed by atoms with E-state index < -0.39 is 0 Å². The summed E-state index contributed by atoms with van der Waals surface area (Å²) < 4.78 is 5.09. The molecule has 1 aromatic rings. The Labute approximate surface area is 136 Å². The molecule has 1 aromatic carbocycles. The molecule has 1 saturated carbocycles. The van der Waals surface area contributed by atoms with E-state index in [4.69, 9.17) is 9.84 Å². The van der Waals surface area contributed by atoms with E-state index in [1.807, 2.05) is 69.2 Å². The molecule has 0 atom stereocenters. The maximum Gasteiger partial charge on any atom is 0.119 e. The van der Waals surface area contributed by atoms with Gasteiger partial charge >= 0.3 is 0 Å². The van der Waals surface area contributed by atoms with Gasteiger partial charge in [-0.15, -0.1) is 0 Å². The van der Waals surface area contributed by atoms with Gasteiger partial charge in [0.1, 0.15) is 5.75 Å². The van der Waals surface area contributed by atoms with Gasteiger partial charge in [0.2, 0.25) is 0 Å². The number of rotatable bonds is 6. The molecule has 0 aliphatic heterocycles. The molecule has 0 spiro atoms. The van der Waals surface area contributed by atoms with Gasteiger partial charge in [-0.1, -0.05) is 12.1 Å². The molecule has 10 radical (unpaired) electrons. The second-order valence-electron chi connectivity index (χ2n) is 3.71. The van der Waals surface area contributed by atoms with Crippen LogP contribution >= 0.6 is 0 Å². The third-order valence-electron chi connectivity index (χ3n) is 2.29. The Morgan fingerprint density at radius 2 is 1.70 bits per heavy atom. The van der Waals surface area contributed by atoms with Crippen LogP contribution < -0.4 is 4.74 Å². The molecule has 2 rings (SSSR count). The summed E-state index contributed by atoms with van der Waals surface area (Å²) in [5.74, 6) is 0.846. The average molecular weight is 358 g/mol. The molecule has 1 aliphatic rings. The smallest absolute Gasteiger partial charge is 0.119 e. The Balaban J connectivity index is 0.000000507. The zero-order valence-electron chi connectivity index (χ0n) is 11.4. The van der Waals surface area contributed by atoms with Crippen LogP contribution in [0.15, 0.2) is 24.3 Å². The summed E-state index contributed by atoms with van der Waals surface area (Å²) in [5, 5.41) is 8.50. The summed E-state index contributed by atoms with van der Waals surface area (Å²) in [6.07, 6.45) is 17.3. The maximum absolute atomic E-state index is 8.50. The van der Waals surface area contributed by atoms with Gasteiger partial charge in [-0.05, 0) is 75.5 Å². The maximum atomic E-state index is 8.50. The molecule has 0 saturated heterocycles. The van der Waals surface area contributed by atoms with Gasteiger partial charge in [0, 0.05) is 26.1 Å². The first-order valence-electron chi connectivity index (χ1n) is 6.11. The summed E-state index contributed by atoms with van der Waals surface area (Å²) >= 11 is 0. The van der Waals surface area contributed by atoms with Crippen LogP contribution in [-0.4, -0.2) is 18.8 Å². The summed E-state index contributed by atoms with van der Waals surface area (Å²) in [4.78, 5) is 0. The molecule has 1 N–H and O–H groups in total. The Morgan fingerprint density at radius 3 is 2.25 bits per heavy atom. The Kier molecular flexibility index (Phi) is 13.3. The Bertz CT molecular complexity index is 317. The van der Waals surface area contributed by atoms with Crippen LogP contribution in [0, 0.1) is 57.8 Å². The summed E-state index contributed by atoms with van der Waals surface area (Å²) in [6.45, 7) is 0.0719. The van der Waals surface area contributed by atoms with Crippen molar-refractivity contribution in [2.24, 2.45) is 0 Å². The molecule has 1 fully saturated rings. The van der Waals surface area contributed by atoms with Gasteiger partial charge in [-0.3, -0.25) is 0 Å². The fourth-order valence-corrected chi connectivity index (χ4v) is 1.37. The topological polar surface area (TPSA) is 29.5 Å². The zero-order chi connectivity index (χ0) is 13.8. The number of unbranched alkanes of at least 4 members (excludes halogenated alkanes) is 2. The number of ether oxygens (including phenoxy) is 1. The molecule has 0 amide bonds. The number of hydrogen-bond donors (Lipinski definition) is 1. The monoisotopic (exact) mass is 358 g/mol. The fourth-order valence-electron chi connectivity index (χ4n) is 1.37. The molecule has 0 bridgehead atoms. The minimum atomic E-state index is 0. The third kappa shape index (κ3) is 9.50. The fraction of sp³-hybridized carbons (Fsp3) is 0.118. The summed E-state index contributed by atoms with van der Waals surface area (Å²) in [5.41, 5.74) is 1.08. The van der Waals surface area contributed by atoms with Crippen LogP contribution in [-0.2, 0) is 19.5 Å². The summed E-state index contributed by atoms with van der Waals surface area (Å²) in [6, 6.07) is 7.78. The molecule has 0 aromatic heterocycles. The predicted molar refractivity (Wildman–Crippen MR) is 77.9 cm³/mol. The Hall–Kier alpha value is -0.397. The third-order valence-corrected chi connectivity index (χ3v) is 2.29. The van der Waals surface area contributed by atoms with Crippen molar-refractivity contribution in [3.8, 4) is 5.75 Å². The van der Waals surface area contributed by atoms with Crippen molar-refractivity contribution >= 4 is 0 Å². The Morgan fingerprint density at radius 1 is 1.05 bits per heavy atom. The van der Waals surface area contributed by atoms with Crippen molar-refractivity contribution < 1.29 is 29.3 Å². The first-order valence-corrected chi connectivity index (χ1v) is 6.11. The molecule has 1 aliphatic carbocycles. The van der Waals surface area contributed by atoms with E-state index in [1.165, 1.54) is 0 Å². The van der Waals surface area contributed by atoms with Crippen LogP contribution in [0.3, 0.4) is 0 Å². The average Bonchev–Trinajstić information content (AvgIpc) is 3.03. The quantitative estimate of drug-likeness (QED) is 0.626. The van der Waals surface area contributed by atoms with Gasteiger partial charge < -0.3 is 9.84 Å². The van der Waals surface area contributed by atoms with Crippen molar-refractivity contribution in [1.82, 2.24) is 0 Å². The molecular formula is C17H19O2Rh. The van der Waals surface area contributed by atoms with Crippen LogP contribution in [0.5, 0.6) is 5.75 Å². The number of hydrogen-bond acceptors (Lipinski definition) is 2. The van der Waals surface area contributed by atoms with E-state index in [1.54, 1.807) is 20.0 Å². The van der Waals surface area contributed by atoms with Gasteiger partial charge in [-0.25, -0.2) is 0 Å². The van der Waals surface area contributed by atoms with E-state index >= 15 is 0 Å². The van der Waals surface area contributed by atoms with E-state index in [0.29, 0.717) is 0 Å². The van der Waals surface area contributed by atoms with Crippen LogP contribution in [0.1, 0.15) is 5.56 Å². The molecule has 2 nitrogen and oxygen atoms in total. The van der Waals surface area contributed by atoms with Crippen LogP contribution in [0.2, 0.25) is 0 Å². The number of benzene rings is 1. The first-order chi connectivity index (χ1) is 9.36. The molecule has 0 unspecified atom stereocenters. The van der Waals surface area contributed by atoms with E-state index in [0.717, 1.165) is 11.3 Å². The second kappa shape index (κ2) is 13.6. The van der Waals surface area contributed by atoms with E-state index in [9.17, 15) is 0 Å². The number of methoxy groups -OCH3 is 1. The first kappa shape index (κ1) is 19.6. The van der Waals surface area contributed by atoms with Crippen molar-refractivity contribution in [2.75, 3.05) is 13.7 Å². The van der Waals surface area contributed by atoms with Gasteiger partial charge in [0.25, 0.3) is 0 Å². The van der Waals surface area contributed by atoms with Crippen LogP contribution in [0.4, 0.5) is 0 Å². The molecule has 20 heavy (non-hydrogen) atoms. The van der Waals surface area contributed by atoms with E-state index in [2.05, 4.69) is 0 Å². The molecule has 0 heterocycles. The van der Waals surface area contributed by atoms with Crippen molar-refractivity contribution in [3.63, 3.8) is 0 Å². The molecule has 108 valence electrons. The minimum absolute atomic E-state index is 0. The van der Waals surface area contributed by atoms with Gasteiger partial charge in [0.05, 0.1) is 7.11 Å². The standard InChI is InChI=1S/C12H14O2.C5H5.Rh/c1-14-12-8-5-7-11(10-12)6-3-2-4-9-13;1-2-4-5-3-1;/h2-8,10,13H,9H2,1H3;1-5H;. The molecular weight excluding hydrogens is 339 g/mol. The van der Waals surface area contributed by atoms with Crippen LogP contribution in [0.25, 0.3) is 0 Å². The number of aliphatic hydroxyl groups is 1. The minimum Gasteiger partial charge on any atom is -0.497 e. The normalized spacial score (nSPS) is 13.1. The zero-order valence-corrected chi connectivity index (χ0v) is 13.0. The SMILES string of the molecule is COc1cccc([CH][CH][CH][CH]CO)c1.[CH]1[CH][CH][CH][CH]1.[Rh]. The van der Waals surface area contributed by atoms with E-state index in [-0.39, 0.29) is 26.1 Å².